The van der Waals surface area contributed by atoms with Crippen molar-refractivity contribution in [2.24, 2.45) is 11.8 Å². The summed E-state index contributed by atoms with van der Waals surface area (Å²) in [4.78, 5) is 12.4. The lowest BCUT2D eigenvalue weighted by molar-refractivity contribution is -0.126. The van der Waals surface area contributed by atoms with Crippen LogP contribution in [0.4, 0.5) is 0 Å². The van der Waals surface area contributed by atoms with E-state index in [1.807, 2.05) is 25.1 Å². The lowest BCUT2D eigenvalue weighted by Crippen LogP contribution is -2.38. The second kappa shape index (κ2) is 7.71. The Labute approximate surface area is 138 Å². The molecule has 0 radical (unpaired) electrons. The molecule has 0 spiro atoms. The van der Waals surface area contributed by atoms with Crippen molar-refractivity contribution >= 4 is 5.91 Å². The minimum Gasteiger partial charge on any atom is -0.494 e. The molecular formula is C19H27NO3. The fraction of sp³-hybridized carbons (Fsp3) is 0.632. The maximum absolute atomic E-state index is 12.4. The topological polar surface area (TPSA) is 47.6 Å². The second-order valence-corrected chi connectivity index (χ2v) is 6.64. The van der Waals surface area contributed by atoms with Crippen molar-refractivity contribution in [3.63, 3.8) is 0 Å². The summed E-state index contributed by atoms with van der Waals surface area (Å²) in [6.45, 7) is 3.88. The third-order valence-electron chi connectivity index (χ3n) is 4.95. The average Bonchev–Trinajstić information content (AvgIpc) is 3.08. The van der Waals surface area contributed by atoms with Gasteiger partial charge in [-0.3, -0.25) is 4.79 Å². The van der Waals surface area contributed by atoms with Crippen molar-refractivity contribution in [3.8, 4) is 11.5 Å². The Bertz CT molecular complexity index is 537. The highest BCUT2D eigenvalue weighted by Crippen LogP contribution is 2.31. The molecule has 1 heterocycles. The summed E-state index contributed by atoms with van der Waals surface area (Å²) in [6.07, 6.45) is 7.21. The minimum absolute atomic E-state index is 0.0945. The van der Waals surface area contributed by atoms with Crippen LogP contribution >= 0.6 is 0 Å². The number of hydrogen-bond acceptors (Lipinski definition) is 3. The highest BCUT2D eigenvalue weighted by molar-refractivity contribution is 5.79. The van der Waals surface area contributed by atoms with Gasteiger partial charge in [-0.15, -0.1) is 0 Å². The van der Waals surface area contributed by atoms with Gasteiger partial charge in [-0.25, -0.2) is 0 Å². The molecule has 23 heavy (non-hydrogen) atoms. The van der Waals surface area contributed by atoms with Crippen LogP contribution in [-0.2, 0) is 11.2 Å². The molecule has 1 aromatic carbocycles. The summed E-state index contributed by atoms with van der Waals surface area (Å²) >= 11 is 0. The zero-order valence-electron chi connectivity index (χ0n) is 14.0. The molecule has 1 aromatic rings. The Morgan fingerprint density at radius 3 is 2.96 bits per heavy atom. The van der Waals surface area contributed by atoms with Crippen molar-refractivity contribution < 1.29 is 14.3 Å². The van der Waals surface area contributed by atoms with E-state index >= 15 is 0 Å². The molecule has 126 valence electrons. The monoisotopic (exact) mass is 317 g/mol. The zero-order valence-corrected chi connectivity index (χ0v) is 14.0. The van der Waals surface area contributed by atoms with E-state index < -0.39 is 0 Å². The van der Waals surface area contributed by atoms with Crippen LogP contribution in [0.1, 0.15) is 44.6 Å². The van der Waals surface area contributed by atoms with E-state index in [0.29, 0.717) is 13.2 Å². The van der Waals surface area contributed by atoms with E-state index in [-0.39, 0.29) is 11.8 Å². The Morgan fingerprint density at radius 1 is 1.35 bits per heavy atom. The Hall–Kier alpha value is -1.71. The molecule has 1 aliphatic heterocycles. The van der Waals surface area contributed by atoms with Crippen LogP contribution in [0.5, 0.6) is 11.5 Å². The smallest absolute Gasteiger partial charge is 0.226 e. The van der Waals surface area contributed by atoms with Gasteiger partial charge in [0, 0.05) is 6.54 Å². The third kappa shape index (κ3) is 4.18. The van der Waals surface area contributed by atoms with E-state index in [1.54, 1.807) is 0 Å². The summed E-state index contributed by atoms with van der Waals surface area (Å²) in [5.74, 6) is 2.56. The van der Waals surface area contributed by atoms with Crippen molar-refractivity contribution in [1.82, 2.24) is 5.32 Å². The van der Waals surface area contributed by atoms with Gasteiger partial charge in [-0.05, 0) is 49.4 Å². The molecule has 3 rings (SSSR count). The van der Waals surface area contributed by atoms with E-state index in [9.17, 15) is 4.79 Å². The molecule has 1 fully saturated rings. The molecule has 0 bridgehead atoms. The fourth-order valence-electron chi connectivity index (χ4n) is 3.64. The number of hydrogen-bond donors (Lipinski definition) is 1. The van der Waals surface area contributed by atoms with Crippen molar-refractivity contribution in [2.45, 2.75) is 45.4 Å². The van der Waals surface area contributed by atoms with Crippen molar-refractivity contribution in [3.05, 3.63) is 23.8 Å². The van der Waals surface area contributed by atoms with Gasteiger partial charge in [0.15, 0.2) is 0 Å². The van der Waals surface area contributed by atoms with Crippen molar-refractivity contribution in [2.75, 3.05) is 19.8 Å². The van der Waals surface area contributed by atoms with Gasteiger partial charge in [0.1, 0.15) is 18.1 Å². The second-order valence-electron chi connectivity index (χ2n) is 6.64. The standard InChI is InChI=1S/C19H27NO3/c1-2-22-17-7-8-18-15(12-17)11-16(13-23-18)19(21)20-10-9-14-5-3-4-6-14/h7-8,12,14,16H,2-6,9-11,13H2,1H3,(H,20,21). The molecule has 1 atom stereocenters. The summed E-state index contributed by atoms with van der Waals surface area (Å²) in [6, 6.07) is 5.86. The van der Waals surface area contributed by atoms with Gasteiger partial charge in [-0.1, -0.05) is 25.7 Å². The van der Waals surface area contributed by atoms with Gasteiger partial charge in [0.25, 0.3) is 0 Å². The number of nitrogens with one attached hydrogen (secondary N) is 1. The average molecular weight is 317 g/mol. The maximum Gasteiger partial charge on any atom is 0.226 e. The van der Waals surface area contributed by atoms with Gasteiger partial charge in [0.2, 0.25) is 5.91 Å². The molecule has 0 aromatic heterocycles. The van der Waals surface area contributed by atoms with Gasteiger partial charge in [0.05, 0.1) is 12.5 Å². The SMILES string of the molecule is CCOc1ccc2c(c1)CC(C(=O)NCCC1CCCC1)CO2. The van der Waals surface area contributed by atoms with Crippen LogP contribution in [0.15, 0.2) is 18.2 Å². The van der Waals surface area contributed by atoms with Gasteiger partial charge in [-0.2, -0.15) is 0 Å². The summed E-state index contributed by atoms with van der Waals surface area (Å²) in [7, 11) is 0. The fourth-order valence-corrected chi connectivity index (χ4v) is 3.64. The summed E-state index contributed by atoms with van der Waals surface area (Å²) < 4.78 is 11.3. The molecule has 1 unspecified atom stereocenters. The van der Waals surface area contributed by atoms with Gasteiger partial charge >= 0.3 is 0 Å². The largest absolute Gasteiger partial charge is 0.494 e. The predicted molar refractivity (Wildman–Crippen MR) is 89.9 cm³/mol. The lowest BCUT2D eigenvalue weighted by atomic mass is 9.95. The van der Waals surface area contributed by atoms with Crippen LogP contribution < -0.4 is 14.8 Å². The first-order chi connectivity index (χ1) is 11.3. The van der Waals surface area contributed by atoms with E-state index in [4.69, 9.17) is 9.47 Å². The Balaban J connectivity index is 1.51. The van der Waals surface area contributed by atoms with Crippen LogP contribution in [0.3, 0.4) is 0 Å². The normalized spacial score (nSPS) is 20.7. The molecular weight excluding hydrogens is 290 g/mol. The number of amides is 1. The highest BCUT2D eigenvalue weighted by Gasteiger charge is 2.26. The lowest BCUT2D eigenvalue weighted by Gasteiger charge is -2.25. The number of rotatable bonds is 6. The van der Waals surface area contributed by atoms with Crippen LogP contribution in [-0.4, -0.2) is 25.7 Å². The molecule has 1 N–H and O–H groups in total. The number of fused-ring (bicyclic) bond motifs is 1. The Morgan fingerprint density at radius 2 is 2.17 bits per heavy atom. The van der Waals surface area contributed by atoms with Crippen LogP contribution in [0, 0.1) is 11.8 Å². The number of carbonyl (C=O) groups is 1. The predicted octanol–water partition coefficient (Wildman–Crippen LogP) is 3.33. The first-order valence-electron chi connectivity index (χ1n) is 8.92. The molecule has 1 saturated carbocycles. The van der Waals surface area contributed by atoms with E-state index in [0.717, 1.165) is 42.4 Å². The van der Waals surface area contributed by atoms with E-state index in [1.165, 1.54) is 25.7 Å². The highest BCUT2D eigenvalue weighted by atomic mass is 16.5. The van der Waals surface area contributed by atoms with Gasteiger partial charge < -0.3 is 14.8 Å². The third-order valence-corrected chi connectivity index (χ3v) is 4.95. The van der Waals surface area contributed by atoms with Crippen LogP contribution in [0.2, 0.25) is 0 Å². The molecule has 0 saturated heterocycles. The molecule has 1 amide bonds. The molecule has 4 nitrogen and oxygen atoms in total. The minimum atomic E-state index is -0.0945. The van der Waals surface area contributed by atoms with E-state index in [2.05, 4.69) is 5.32 Å². The molecule has 1 aliphatic carbocycles. The number of ether oxygens (including phenoxy) is 2. The first kappa shape index (κ1) is 16.2. The number of carbonyl (C=O) groups excluding carboxylic acids is 1. The first-order valence-corrected chi connectivity index (χ1v) is 8.92. The molecule has 2 aliphatic rings. The molecule has 4 heteroatoms. The Kier molecular flexibility index (Phi) is 5.42. The van der Waals surface area contributed by atoms with Crippen LogP contribution in [0.25, 0.3) is 0 Å². The maximum atomic E-state index is 12.4. The van der Waals surface area contributed by atoms with Crippen molar-refractivity contribution in [1.29, 1.82) is 0 Å². The number of benzene rings is 1. The summed E-state index contributed by atoms with van der Waals surface area (Å²) in [5, 5.41) is 3.10. The quantitative estimate of drug-likeness (QED) is 0.875. The summed E-state index contributed by atoms with van der Waals surface area (Å²) in [5.41, 5.74) is 1.07. The zero-order chi connectivity index (χ0) is 16.1.